The molecule has 0 unspecified atom stereocenters. The van der Waals surface area contributed by atoms with Gasteiger partial charge >= 0.3 is 0 Å². The zero-order valence-corrected chi connectivity index (χ0v) is 10.5. The van der Waals surface area contributed by atoms with E-state index >= 15 is 0 Å². The fraction of sp³-hybridized carbons (Fsp3) is 0.333. The van der Waals surface area contributed by atoms with Crippen LogP contribution in [0.25, 0.3) is 0 Å². The Kier molecular flexibility index (Phi) is 5.42. The molecule has 92 valence electrons. The highest BCUT2D eigenvalue weighted by Gasteiger charge is 2.02. The second-order valence-electron chi connectivity index (χ2n) is 3.66. The largest absolute Gasteiger partial charge is 0.493 e. The molecule has 0 radical (unpaired) electrons. The molecule has 17 heavy (non-hydrogen) atoms. The predicted molar refractivity (Wildman–Crippen MR) is 71.1 cm³/mol. The third-order valence-corrected chi connectivity index (χ3v) is 2.19. The minimum atomic E-state index is -0.120. The molecular weight excluding hydrogens is 236 g/mol. The molecule has 0 aliphatic heterocycles. The topological polar surface area (TPSA) is 64.3 Å². The number of amides is 1. The van der Waals surface area contributed by atoms with E-state index in [0.717, 1.165) is 11.3 Å². The van der Waals surface area contributed by atoms with Crippen LogP contribution in [0.15, 0.2) is 24.3 Å². The molecule has 4 nitrogen and oxygen atoms in total. The van der Waals surface area contributed by atoms with Crippen LogP contribution in [0.2, 0.25) is 0 Å². The van der Waals surface area contributed by atoms with Gasteiger partial charge < -0.3 is 15.8 Å². The lowest BCUT2D eigenvalue weighted by molar-refractivity contribution is -0.121. The highest BCUT2D eigenvalue weighted by atomic mass is 32.1. The number of thiocarbonyl (C=S) groups is 1. The standard InChI is InChI=1S/C12H16N2O2S/c1-9-3-2-4-10(7-9)16-6-5-12(15)14-8-11(13)17/h2-4,7H,5-6,8H2,1H3,(H2,13,17)(H,14,15). The van der Waals surface area contributed by atoms with Gasteiger partial charge in [-0.25, -0.2) is 0 Å². The minimum absolute atomic E-state index is 0.120. The van der Waals surface area contributed by atoms with E-state index in [9.17, 15) is 4.79 Å². The van der Waals surface area contributed by atoms with E-state index < -0.39 is 0 Å². The highest BCUT2D eigenvalue weighted by molar-refractivity contribution is 7.80. The van der Waals surface area contributed by atoms with Gasteiger partial charge in [0.1, 0.15) is 5.75 Å². The molecule has 3 N–H and O–H groups in total. The molecule has 0 heterocycles. The summed E-state index contributed by atoms with van der Waals surface area (Å²) in [4.78, 5) is 11.6. The van der Waals surface area contributed by atoms with Crippen LogP contribution >= 0.6 is 12.2 Å². The van der Waals surface area contributed by atoms with E-state index in [2.05, 4.69) is 17.5 Å². The SMILES string of the molecule is Cc1cccc(OCCC(=O)NCC(N)=S)c1. The molecule has 1 rings (SSSR count). The van der Waals surface area contributed by atoms with Crippen LogP contribution in [0.3, 0.4) is 0 Å². The van der Waals surface area contributed by atoms with E-state index in [1.54, 1.807) is 0 Å². The molecule has 0 atom stereocenters. The number of benzene rings is 1. The van der Waals surface area contributed by atoms with Crippen LogP contribution < -0.4 is 15.8 Å². The third-order valence-electron chi connectivity index (χ3n) is 2.05. The minimum Gasteiger partial charge on any atom is -0.493 e. The first-order valence-corrected chi connectivity index (χ1v) is 5.73. The number of ether oxygens (including phenoxy) is 1. The van der Waals surface area contributed by atoms with Gasteiger partial charge in [0.15, 0.2) is 0 Å². The molecule has 0 aliphatic rings. The summed E-state index contributed by atoms with van der Waals surface area (Å²) in [5.74, 6) is 0.651. The number of hydrogen-bond donors (Lipinski definition) is 2. The van der Waals surface area contributed by atoms with Gasteiger partial charge in [0, 0.05) is 0 Å². The van der Waals surface area contributed by atoms with E-state index in [4.69, 9.17) is 10.5 Å². The van der Waals surface area contributed by atoms with Crippen molar-refractivity contribution in [1.29, 1.82) is 0 Å². The molecule has 1 amide bonds. The second kappa shape index (κ2) is 6.85. The Morgan fingerprint density at radius 1 is 1.53 bits per heavy atom. The van der Waals surface area contributed by atoms with Crippen molar-refractivity contribution in [2.45, 2.75) is 13.3 Å². The van der Waals surface area contributed by atoms with Crippen molar-refractivity contribution in [2.24, 2.45) is 5.73 Å². The van der Waals surface area contributed by atoms with Gasteiger partial charge in [-0.1, -0.05) is 24.4 Å². The van der Waals surface area contributed by atoms with Gasteiger partial charge in [-0.05, 0) is 24.6 Å². The van der Waals surface area contributed by atoms with Crippen molar-refractivity contribution < 1.29 is 9.53 Å². The van der Waals surface area contributed by atoms with Crippen LogP contribution in [-0.4, -0.2) is 24.0 Å². The Hall–Kier alpha value is -1.62. The van der Waals surface area contributed by atoms with Gasteiger partial charge in [0.05, 0.1) is 24.6 Å². The van der Waals surface area contributed by atoms with Gasteiger partial charge in [0.25, 0.3) is 0 Å². The van der Waals surface area contributed by atoms with E-state index in [1.165, 1.54) is 0 Å². The number of hydrogen-bond acceptors (Lipinski definition) is 3. The summed E-state index contributed by atoms with van der Waals surface area (Å²) >= 11 is 4.65. The predicted octanol–water partition coefficient (Wildman–Crippen LogP) is 1.17. The summed E-state index contributed by atoms with van der Waals surface area (Å²) < 4.78 is 5.44. The zero-order chi connectivity index (χ0) is 12.7. The Morgan fingerprint density at radius 2 is 2.29 bits per heavy atom. The Labute approximate surface area is 106 Å². The monoisotopic (exact) mass is 252 g/mol. The molecular formula is C12H16N2O2S. The van der Waals surface area contributed by atoms with Gasteiger partial charge in [-0.2, -0.15) is 0 Å². The molecule has 1 aromatic rings. The van der Waals surface area contributed by atoms with E-state index in [0.29, 0.717) is 6.61 Å². The van der Waals surface area contributed by atoms with Crippen molar-refractivity contribution in [3.8, 4) is 5.75 Å². The normalized spacial score (nSPS) is 9.71. The lowest BCUT2D eigenvalue weighted by atomic mass is 10.2. The quantitative estimate of drug-likeness (QED) is 0.746. The molecule has 0 aromatic heterocycles. The first-order chi connectivity index (χ1) is 8.08. The van der Waals surface area contributed by atoms with E-state index in [1.807, 2.05) is 31.2 Å². The maximum atomic E-state index is 11.3. The fourth-order valence-electron chi connectivity index (χ4n) is 1.24. The summed E-state index contributed by atoms with van der Waals surface area (Å²) in [6.45, 7) is 2.56. The smallest absolute Gasteiger partial charge is 0.223 e. The zero-order valence-electron chi connectivity index (χ0n) is 9.73. The van der Waals surface area contributed by atoms with Crippen molar-refractivity contribution in [1.82, 2.24) is 5.32 Å². The number of aryl methyl sites for hydroxylation is 1. The highest BCUT2D eigenvalue weighted by Crippen LogP contribution is 2.12. The average molecular weight is 252 g/mol. The molecule has 5 heteroatoms. The Bertz CT molecular complexity index is 407. The molecule has 0 saturated carbocycles. The van der Waals surface area contributed by atoms with Crippen molar-refractivity contribution in [3.05, 3.63) is 29.8 Å². The molecule has 1 aromatic carbocycles. The Balaban J connectivity index is 2.23. The second-order valence-corrected chi connectivity index (χ2v) is 4.18. The maximum Gasteiger partial charge on any atom is 0.223 e. The number of rotatable bonds is 6. The van der Waals surface area contributed by atoms with Crippen LogP contribution in [0.1, 0.15) is 12.0 Å². The summed E-state index contributed by atoms with van der Waals surface area (Å²) in [5.41, 5.74) is 6.39. The van der Waals surface area contributed by atoms with Gasteiger partial charge in [0.2, 0.25) is 5.91 Å². The lowest BCUT2D eigenvalue weighted by Crippen LogP contribution is -2.32. The van der Waals surface area contributed by atoms with Crippen LogP contribution in [0.5, 0.6) is 5.75 Å². The van der Waals surface area contributed by atoms with Crippen LogP contribution in [0.4, 0.5) is 0 Å². The number of nitrogens with two attached hydrogens (primary N) is 1. The maximum absolute atomic E-state index is 11.3. The first-order valence-electron chi connectivity index (χ1n) is 5.32. The van der Waals surface area contributed by atoms with Gasteiger partial charge in [-0.3, -0.25) is 4.79 Å². The third kappa shape index (κ3) is 5.87. The molecule has 0 aliphatic carbocycles. The summed E-state index contributed by atoms with van der Waals surface area (Å²) in [6, 6.07) is 7.69. The van der Waals surface area contributed by atoms with Crippen LogP contribution in [0, 0.1) is 6.92 Å². The molecule has 0 saturated heterocycles. The fourth-order valence-corrected chi connectivity index (χ4v) is 1.31. The number of carbonyl (C=O) groups is 1. The van der Waals surface area contributed by atoms with Crippen molar-refractivity contribution >= 4 is 23.1 Å². The average Bonchev–Trinajstić information content (AvgIpc) is 2.26. The van der Waals surface area contributed by atoms with E-state index in [-0.39, 0.29) is 23.9 Å². The number of nitrogens with one attached hydrogen (secondary N) is 1. The Morgan fingerprint density at radius 3 is 2.94 bits per heavy atom. The van der Waals surface area contributed by atoms with Crippen molar-refractivity contribution in [3.63, 3.8) is 0 Å². The first kappa shape index (κ1) is 13.4. The molecule has 0 fully saturated rings. The molecule has 0 bridgehead atoms. The van der Waals surface area contributed by atoms with Gasteiger partial charge in [-0.15, -0.1) is 0 Å². The molecule has 0 spiro atoms. The summed E-state index contributed by atoms with van der Waals surface area (Å²) in [6.07, 6.45) is 0.288. The van der Waals surface area contributed by atoms with Crippen molar-refractivity contribution in [2.75, 3.05) is 13.2 Å². The lowest BCUT2D eigenvalue weighted by Gasteiger charge is -2.07. The summed E-state index contributed by atoms with van der Waals surface area (Å²) in [5, 5.41) is 2.59. The summed E-state index contributed by atoms with van der Waals surface area (Å²) in [7, 11) is 0. The van der Waals surface area contributed by atoms with Crippen LogP contribution in [-0.2, 0) is 4.79 Å². The number of carbonyl (C=O) groups excluding carboxylic acids is 1.